The van der Waals surface area contributed by atoms with E-state index < -0.39 is 34.2 Å². The topological polar surface area (TPSA) is 101 Å². The maximum atomic E-state index is 12.6. The maximum Gasteiger partial charge on any atom is 0.416 e. The number of carbonyl (C=O) groups excluding carboxylic acids is 2. The summed E-state index contributed by atoms with van der Waals surface area (Å²) in [6, 6.07) is 8.83. The highest BCUT2D eigenvalue weighted by atomic mass is 19.4. The lowest BCUT2D eigenvalue weighted by Gasteiger charge is -2.10. The summed E-state index contributed by atoms with van der Waals surface area (Å²) in [4.78, 5) is 33.7. The molecule has 0 spiro atoms. The summed E-state index contributed by atoms with van der Waals surface area (Å²) in [5.41, 5.74) is -1.87. The van der Waals surface area contributed by atoms with Crippen molar-refractivity contribution in [2.75, 3.05) is 10.6 Å². The molecule has 0 aromatic heterocycles. The molecule has 25 heavy (non-hydrogen) atoms. The van der Waals surface area contributed by atoms with Crippen LogP contribution >= 0.6 is 0 Å². The maximum absolute atomic E-state index is 12.6. The van der Waals surface area contributed by atoms with Crippen LogP contribution < -0.4 is 10.6 Å². The molecule has 2 amide bonds. The molecule has 0 aliphatic heterocycles. The van der Waals surface area contributed by atoms with E-state index in [1.807, 2.05) is 10.6 Å². The molecule has 0 radical (unpaired) electrons. The summed E-state index contributed by atoms with van der Waals surface area (Å²) >= 11 is 0. The van der Waals surface area contributed by atoms with Gasteiger partial charge in [-0.2, -0.15) is 13.2 Å². The van der Waals surface area contributed by atoms with Gasteiger partial charge in [0.25, 0.3) is 5.69 Å². The summed E-state index contributed by atoms with van der Waals surface area (Å²) in [5.74, 6) is -2.52. The monoisotopic (exact) mass is 353 g/mol. The molecule has 0 bridgehead atoms. The summed E-state index contributed by atoms with van der Waals surface area (Å²) in [6.07, 6.45) is -4.60. The molecule has 0 aliphatic carbocycles. The molecular formula is C15H10F3N3O4. The fourth-order valence-electron chi connectivity index (χ4n) is 1.88. The normalized spacial score (nSPS) is 10.8. The highest BCUT2D eigenvalue weighted by molar-refractivity contribution is 6.43. The van der Waals surface area contributed by atoms with E-state index in [0.717, 1.165) is 18.2 Å². The van der Waals surface area contributed by atoms with Gasteiger partial charge in [-0.05, 0) is 24.3 Å². The number of carbonyl (C=O) groups is 2. The van der Waals surface area contributed by atoms with Crippen LogP contribution in [0.15, 0.2) is 48.5 Å². The Morgan fingerprint density at radius 3 is 2.24 bits per heavy atom. The number of alkyl halides is 3. The second-order valence-electron chi connectivity index (χ2n) is 4.76. The Morgan fingerprint density at radius 2 is 1.60 bits per heavy atom. The summed E-state index contributed by atoms with van der Waals surface area (Å²) < 4.78 is 37.8. The number of nitro groups is 1. The van der Waals surface area contributed by atoms with E-state index in [1.165, 1.54) is 24.3 Å². The first-order valence-corrected chi connectivity index (χ1v) is 6.71. The Labute approximate surface area is 138 Å². The van der Waals surface area contributed by atoms with Crippen LogP contribution in [0.5, 0.6) is 0 Å². The molecular weight excluding hydrogens is 343 g/mol. The highest BCUT2D eigenvalue weighted by Crippen LogP contribution is 2.30. The first kappa shape index (κ1) is 17.9. The molecule has 2 rings (SSSR count). The van der Waals surface area contributed by atoms with Crippen LogP contribution in [0.25, 0.3) is 0 Å². The average Bonchev–Trinajstić information content (AvgIpc) is 2.54. The third-order valence-corrected chi connectivity index (χ3v) is 3.00. The van der Waals surface area contributed by atoms with E-state index in [4.69, 9.17) is 0 Å². The zero-order valence-corrected chi connectivity index (χ0v) is 12.3. The molecule has 0 fully saturated rings. The molecule has 2 N–H and O–H groups in total. The molecule has 0 saturated heterocycles. The van der Waals surface area contributed by atoms with Gasteiger partial charge in [-0.3, -0.25) is 19.7 Å². The van der Waals surface area contributed by atoms with E-state index >= 15 is 0 Å². The minimum Gasteiger partial charge on any atom is -0.318 e. The zero-order chi connectivity index (χ0) is 18.6. The lowest BCUT2D eigenvalue weighted by molar-refractivity contribution is -0.383. The van der Waals surface area contributed by atoms with Crippen molar-refractivity contribution in [1.29, 1.82) is 0 Å². The van der Waals surface area contributed by atoms with Gasteiger partial charge in [-0.1, -0.05) is 18.2 Å². The van der Waals surface area contributed by atoms with Gasteiger partial charge in [0.1, 0.15) is 5.69 Å². The van der Waals surface area contributed by atoms with Crippen molar-refractivity contribution in [3.8, 4) is 0 Å². The standard InChI is InChI=1S/C15H10F3N3O4/c16-15(17,18)9-4-3-5-10(8-9)19-13(22)14(23)20-11-6-1-2-7-12(11)21(24)25/h1-8H,(H,19,22)(H,20,23). The van der Waals surface area contributed by atoms with Crippen molar-refractivity contribution in [1.82, 2.24) is 0 Å². The van der Waals surface area contributed by atoms with E-state index in [2.05, 4.69) is 0 Å². The largest absolute Gasteiger partial charge is 0.416 e. The van der Waals surface area contributed by atoms with Crippen LogP contribution in [0.4, 0.5) is 30.2 Å². The Hall–Kier alpha value is -3.43. The number of hydrogen-bond acceptors (Lipinski definition) is 4. The number of rotatable bonds is 3. The lowest BCUT2D eigenvalue weighted by atomic mass is 10.2. The number of hydrogen-bond donors (Lipinski definition) is 2. The predicted octanol–water partition coefficient (Wildman–Crippen LogP) is 3.19. The Bertz CT molecular complexity index is 837. The molecule has 10 heteroatoms. The van der Waals surface area contributed by atoms with Gasteiger partial charge in [0.15, 0.2) is 0 Å². The molecule has 7 nitrogen and oxygen atoms in total. The molecule has 0 saturated carbocycles. The van der Waals surface area contributed by atoms with E-state index in [-0.39, 0.29) is 11.4 Å². The van der Waals surface area contributed by atoms with Crippen LogP contribution in [0.2, 0.25) is 0 Å². The average molecular weight is 353 g/mol. The third-order valence-electron chi connectivity index (χ3n) is 3.00. The second-order valence-corrected chi connectivity index (χ2v) is 4.76. The minimum absolute atomic E-state index is 0.211. The van der Waals surface area contributed by atoms with Crippen LogP contribution in [0.3, 0.4) is 0 Å². The number of benzene rings is 2. The zero-order valence-electron chi connectivity index (χ0n) is 12.3. The quantitative estimate of drug-likeness (QED) is 0.503. The van der Waals surface area contributed by atoms with Crippen LogP contribution in [0.1, 0.15) is 5.56 Å². The smallest absolute Gasteiger partial charge is 0.318 e. The van der Waals surface area contributed by atoms with E-state index in [9.17, 15) is 32.9 Å². The number of nitrogens with one attached hydrogen (secondary N) is 2. The summed E-state index contributed by atoms with van der Waals surface area (Å²) in [6.45, 7) is 0. The van der Waals surface area contributed by atoms with Crippen LogP contribution in [-0.2, 0) is 15.8 Å². The SMILES string of the molecule is O=C(Nc1cccc(C(F)(F)F)c1)C(=O)Nc1ccccc1[N+](=O)[O-]. The summed E-state index contributed by atoms with van der Waals surface area (Å²) in [5, 5.41) is 14.9. The van der Waals surface area contributed by atoms with E-state index in [1.54, 1.807) is 0 Å². The molecule has 0 unspecified atom stereocenters. The Morgan fingerprint density at radius 1 is 0.960 bits per heavy atom. The molecule has 130 valence electrons. The molecule has 0 aliphatic rings. The van der Waals surface area contributed by atoms with Gasteiger partial charge in [-0.25, -0.2) is 0 Å². The van der Waals surface area contributed by atoms with Crippen molar-refractivity contribution >= 4 is 28.9 Å². The van der Waals surface area contributed by atoms with E-state index in [0.29, 0.717) is 6.07 Å². The summed E-state index contributed by atoms with van der Waals surface area (Å²) in [7, 11) is 0. The second kappa shape index (κ2) is 6.99. The number of anilines is 2. The molecule has 2 aromatic carbocycles. The first-order chi connectivity index (χ1) is 11.7. The van der Waals surface area contributed by atoms with Crippen LogP contribution in [-0.4, -0.2) is 16.7 Å². The molecule has 0 atom stereocenters. The highest BCUT2D eigenvalue weighted by Gasteiger charge is 2.30. The van der Waals surface area contributed by atoms with Crippen molar-refractivity contribution in [3.63, 3.8) is 0 Å². The van der Waals surface area contributed by atoms with Gasteiger partial charge in [-0.15, -0.1) is 0 Å². The van der Waals surface area contributed by atoms with Crippen molar-refractivity contribution < 1.29 is 27.7 Å². The fraction of sp³-hybridized carbons (Fsp3) is 0.0667. The third kappa shape index (κ3) is 4.53. The van der Waals surface area contributed by atoms with Gasteiger partial charge in [0.05, 0.1) is 10.5 Å². The van der Waals surface area contributed by atoms with Crippen LogP contribution in [0, 0.1) is 10.1 Å². The van der Waals surface area contributed by atoms with Gasteiger partial charge < -0.3 is 10.6 Å². The van der Waals surface area contributed by atoms with Crippen molar-refractivity contribution in [2.45, 2.75) is 6.18 Å². The Balaban J connectivity index is 2.12. The van der Waals surface area contributed by atoms with Gasteiger partial charge >= 0.3 is 18.0 Å². The van der Waals surface area contributed by atoms with Gasteiger partial charge in [0.2, 0.25) is 0 Å². The van der Waals surface area contributed by atoms with Gasteiger partial charge in [0, 0.05) is 11.8 Å². The predicted molar refractivity (Wildman–Crippen MR) is 81.8 cm³/mol. The Kier molecular flexibility index (Phi) is 5.01. The number of amides is 2. The first-order valence-electron chi connectivity index (χ1n) is 6.71. The number of halogens is 3. The fourth-order valence-corrected chi connectivity index (χ4v) is 1.88. The van der Waals surface area contributed by atoms with Crippen molar-refractivity contribution in [2.24, 2.45) is 0 Å². The molecule has 2 aromatic rings. The van der Waals surface area contributed by atoms with Crippen molar-refractivity contribution in [3.05, 3.63) is 64.2 Å². The lowest BCUT2D eigenvalue weighted by Crippen LogP contribution is -2.29. The number of nitro benzene ring substituents is 1. The minimum atomic E-state index is -4.60. The number of para-hydroxylation sites is 2. The molecule has 0 heterocycles. The number of nitrogens with zero attached hydrogens (tertiary/aromatic N) is 1.